The number of hydrogen-bond donors (Lipinski definition) is 1. The minimum absolute atomic E-state index is 0.118. The van der Waals surface area contributed by atoms with Crippen molar-refractivity contribution in [2.45, 2.75) is 18.6 Å². The monoisotopic (exact) mass is 506 g/mol. The van der Waals surface area contributed by atoms with Crippen molar-refractivity contribution in [3.8, 4) is 0 Å². The van der Waals surface area contributed by atoms with Gasteiger partial charge in [-0.2, -0.15) is 0 Å². The van der Waals surface area contributed by atoms with Crippen LogP contribution in [0.3, 0.4) is 0 Å². The van der Waals surface area contributed by atoms with Crippen molar-refractivity contribution in [2.24, 2.45) is 0 Å². The molecule has 0 saturated heterocycles. The number of rotatable bonds is 6. The predicted octanol–water partition coefficient (Wildman–Crippen LogP) is 5.75. The summed E-state index contributed by atoms with van der Waals surface area (Å²) in [4.78, 5) is 36.2. The van der Waals surface area contributed by atoms with E-state index < -0.39 is 0 Å². The van der Waals surface area contributed by atoms with Crippen LogP contribution in [0.4, 0.5) is 5.69 Å². The van der Waals surface area contributed by atoms with Gasteiger partial charge >= 0.3 is 0 Å². The highest BCUT2D eigenvalue weighted by Gasteiger charge is 2.18. The van der Waals surface area contributed by atoms with E-state index in [0.717, 1.165) is 27.0 Å². The Morgan fingerprint density at radius 3 is 2.71 bits per heavy atom. The number of nitrogens with one attached hydrogen (secondary N) is 1. The Balaban J connectivity index is 1.51. The largest absolute Gasteiger partial charge is 0.325 e. The van der Waals surface area contributed by atoms with Gasteiger partial charge in [-0.15, -0.1) is 11.3 Å². The molecule has 2 aromatic carbocycles. The number of nitrogens with zero attached hydrogens (tertiary/aromatic N) is 3. The molecule has 0 aliphatic heterocycles. The van der Waals surface area contributed by atoms with E-state index in [0.29, 0.717) is 26.9 Å². The van der Waals surface area contributed by atoms with Crippen LogP contribution in [0.25, 0.3) is 20.4 Å². The fourth-order valence-electron chi connectivity index (χ4n) is 3.59. The van der Waals surface area contributed by atoms with E-state index >= 15 is 0 Å². The van der Waals surface area contributed by atoms with Crippen molar-refractivity contribution in [2.75, 3.05) is 11.1 Å². The molecule has 0 spiro atoms. The summed E-state index contributed by atoms with van der Waals surface area (Å²) in [6.07, 6.45) is 1.70. The van der Waals surface area contributed by atoms with Crippen molar-refractivity contribution in [3.63, 3.8) is 0 Å². The topological polar surface area (TPSA) is 76.9 Å². The second-order valence-corrected chi connectivity index (χ2v) is 10.1. The minimum atomic E-state index is -0.163. The zero-order chi connectivity index (χ0) is 23.7. The van der Waals surface area contributed by atoms with E-state index in [-0.39, 0.29) is 17.2 Å². The smallest absolute Gasteiger partial charge is 0.272 e. The van der Waals surface area contributed by atoms with Gasteiger partial charge in [-0.3, -0.25) is 14.2 Å². The van der Waals surface area contributed by atoms with Gasteiger partial charge in [0.15, 0.2) is 5.16 Å². The Hall–Kier alpha value is -3.20. The van der Waals surface area contributed by atoms with Crippen molar-refractivity contribution in [1.29, 1.82) is 0 Å². The van der Waals surface area contributed by atoms with E-state index in [9.17, 15) is 9.59 Å². The molecule has 9 heteroatoms. The Bertz CT molecular complexity index is 1580. The number of amides is 1. The predicted molar refractivity (Wildman–Crippen MR) is 140 cm³/mol. The lowest BCUT2D eigenvalue weighted by Crippen LogP contribution is -2.24. The SMILES string of the molecule is Cc1ccccc1NC(=O)CSc1nc2c(sc3ncccc32)c(=O)n1Cc1ccc(Cl)cc1. The number of thioether (sulfide) groups is 1. The fourth-order valence-corrected chi connectivity index (χ4v) is 5.54. The van der Waals surface area contributed by atoms with Gasteiger partial charge in [0.1, 0.15) is 9.53 Å². The van der Waals surface area contributed by atoms with Gasteiger partial charge in [0.05, 0.1) is 17.8 Å². The Kier molecular flexibility index (Phi) is 6.36. The molecule has 0 bridgehead atoms. The first-order valence-corrected chi connectivity index (χ1v) is 12.7. The van der Waals surface area contributed by atoms with Crippen LogP contribution in [0.2, 0.25) is 5.02 Å². The molecule has 0 saturated carbocycles. The second kappa shape index (κ2) is 9.58. The maximum absolute atomic E-state index is 13.5. The average molecular weight is 507 g/mol. The number of para-hydroxylation sites is 1. The molecule has 1 N–H and O–H groups in total. The zero-order valence-corrected chi connectivity index (χ0v) is 20.5. The molecule has 0 aliphatic rings. The molecule has 3 heterocycles. The third kappa shape index (κ3) is 4.57. The molecule has 34 heavy (non-hydrogen) atoms. The van der Waals surface area contributed by atoms with Crippen LogP contribution in [0.1, 0.15) is 11.1 Å². The highest BCUT2D eigenvalue weighted by atomic mass is 35.5. The van der Waals surface area contributed by atoms with Crippen LogP contribution in [-0.4, -0.2) is 26.2 Å². The second-order valence-electron chi connectivity index (χ2n) is 7.70. The van der Waals surface area contributed by atoms with Crippen molar-refractivity contribution >= 4 is 66.7 Å². The van der Waals surface area contributed by atoms with Gasteiger partial charge in [0.2, 0.25) is 5.91 Å². The van der Waals surface area contributed by atoms with Gasteiger partial charge in [-0.1, -0.05) is 53.7 Å². The summed E-state index contributed by atoms with van der Waals surface area (Å²) in [5.74, 6) is -0.0451. The number of pyridine rings is 1. The maximum Gasteiger partial charge on any atom is 0.272 e. The van der Waals surface area contributed by atoms with E-state index in [1.54, 1.807) is 22.9 Å². The van der Waals surface area contributed by atoms with Crippen molar-refractivity contribution < 1.29 is 4.79 Å². The molecular formula is C25H19ClN4O2S2. The Labute approximate surface area is 208 Å². The highest BCUT2D eigenvalue weighted by Crippen LogP contribution is 2.30. The lowest BCUT2D eigenvalue weighted by Gasteiger charge is -2.13. The number of benzene rings is 2. The van der Waals surface area contributed by atoms with Crippen LogP contribution in [-0.2, 0) is 11.3 Å². The number of anilines is 1. The van der Waals surface area contributed by atoms with Gasteiger partial charge in [0.25, 0.3) is 5.56 Å². The summed E-state index contributed by atoms with van der Waals surface area (Å²) in [5, 5.41) is 4.88. The molecule has 0 radical (unpaired) electrons. The summed E-state index contributed by atoms with van der Waals surface area (Å²) in [6, 6.07) is 18.7. The molecule has 3 aromatic heterocycles. The first-order chi connectivity index (χ1) is 16.5. The number of fused-ring (bicyclic) bond motifs is 3. The number of aryl methyl sites for hydroxylation is 1. The number of hydrogen-bond acceptors (Lipinski definition) is 6. The zero-order valence-electron chi connectivity index (χ0n) is 18.1. The summed E-state index contributed by atoms with van der Waals surface area (Å²) in [7, 11) is 0. The molecule has 5 rings (SSSR count). The minimum Gasteiger partial charge on any atom is -0.325 e. The summed E-state index contributed by atoms with van der Waals surface area (Å²) in [6.45, 7) is 2.26. The van der Waals surface area contributed by atoms with Gasteiger partial charge in [-0.25, -0.2) is 9.97 Å². The summed E-state index contributed by atoms with van der Waals surface area (Å²) in [5.41, 5.74) is 3.14. The van der Waals surface area contributed by atoms with Crippen LogP contribution in [0, 0.1) is 6.92 Å². The summed E-state index contributed by atoms with van der Waals surface area (Å²) >= 11 is 8.60. The van der Waals surface area contributed by atoms with Crippen LogP contribution in [0.5, 0.6) is 0 Å². The Morgan fingerprint density at radius 1 is 1.12 bits per heavy atom. The van der Waals surface area contributed by atoms with E-state index in [1.165, 1.54) is 23.1 Å². The molecule has 170 valence electrons. The lowest BCUT2D eigenvalue weighted by molar-refractivity contribution is -0.113. The molecule has 5 aromatic rings. The quantitative estimate of drug-likeness (QED) is 0.234. The third-order valence-electron chi connectivity index (χ3n) is 5.32. The van der Waals surface area contributed by atoms with Gasteiger partial charge < -0.3 is 5.32 Å². The van der Waals surface area contributed by atoms with E-state index in [2.05, 4.69) is 10.3 Å². The number of thiophene rings is 1. The highest BCUT2D eigenvalue weighted by molar-refractivity contribution is 7.99. The van der Waals surface area contributed by atoms with Crippen LogP contribution < -0.4 is 10.9 Å². The lowest BCUT2D eigenvalue weighted by atomic mass is 10.2. The van der Waals surface area contributed by atoms with Crippen molar-refractivity contribution in [3.05, 3.63) is 93.4 Å². The summed E-state index contributed by atoms with van der Waals surface area (Å²) < 4.78 is 2.17. The molecule has 1 amide bonds. The van der Waals surface area contributed by atoms with Crippen LogP contribution >= 0.6 is 34.7 Å². The molecular weight excluding hydrogens is 488 g/mol. The first kappa shape index (κ1) is 22.6. The molecule has 0 atom stereocenters. The standard InChI is InChI=1S/C25H19ClN4O2S2/c1-15-5-2-3-7-19(15)28-20(31)14-33-25-29-21-18-6-4-12-27-23(18)34-22(21)24(32)30(25)13-16-8-10-17(26)11-9-16/h2-12H,13-14H2,1H3,(H,28,31). The van der Waals surface area contributed by atoms with Gasteiger partial charge in [0, 0.05) is 22.3 Å². The normalized spacial score (nSPS) is 11.2. The number of carbonyl (C=O) groups is 1. The number of carbonyl (C=O) groups excluding carboxylic acids is 1. The molecule has 0 unspecified atom stereocenters. The third-order valence-corrected chi connectivity index (χ3v) is 7.64. The fraction of sp³-hybridized carbons (Fsp3) is 0.120. The van der Waals surface area contributed by atoms with Crippen molar-refractivity contribution in [1.82, 2.24) is 14.5 Å². The Morgan fingerprint density at radius 2 is 1.91 bits per heavy atom. The maximum atomic E-state index is 13.5. The van der Waals surface area contributed by atoms with E-state index in [1.807, 2.05) is 55.5 Å². The molecule has 6 nitrogen and oxygen atoms in total. The van der Waals surface area contributed by atoms with E-state index in [4.69, 9.17) is 16.6 Å². The first-order valence-electron chi connectivity index (χ1n) is 10.5. The van der Waals surface area contributed by atoms with Crippen LogP contribution in [0.15, 0.2) is 76.8 Å². The molecule has 0 aliphatic carbocycles. The number of halogens is 1. The number of aromatic nitrogens is 3. The average Bonchev–Trinajstić information content (AvgIpc) is 3.21. The van der Waals surface area contributed by atoms with Gasteiger partial charge in [-0.05, 0) is 48.4 Å². The molecule has 0 fully saturated rings.